The molecule has 0 aliphatic rings. The van der Waals surface area contributed by atoms with E-state index >= 15 is 0 Å². The highest BCUT2D eigenvalue weighted by Gasteiger charge is 2.36. The minimum absolute atomic E-state index is 0.0598. The topological polar surface area (TPSA) is 86.8 Å². The van der Waals surface area contributed by atoms with Gasteiger partial charge in [-0.1, -0.05) is 59.6 Å². The number of hydrogen-bond donors (Lipinski definition) is 1. The van der Waals surface area contributed by atoms with Crippen LogP contribution >= 0.6 is 11.6 Å². The van der Waals surface area contributed by atoms with E-state index in [1.54, 1.807) is 6.92 Å². The van der Waals surface area contributed by atoms with Gasteiger partial charge >= 0.3 is 6.18 Å². The number of amides is 2. The van der Waals surface area contributed by atoms with Crippen molar-refractivity contribution >= 4 is 39.1 Å². The largest absolute Gasteiger partial charge is 0.417 e. The summed E-state index contributed by atoms with van der Waals surface area (Å²) in [5.74, 6) is -1.26. The Morgan fingerprint density at radius 2 is 1.62 bits per heavy atom. The van der Waals surface area contributed by atoms with Crippen LogP contribution in [0.5, 0.6) is 0 Å². The van der Waals surface area contributed by atoms with E-state index in [2.05, 4.69) is 5.32 Å². The Hall–Kier alpha value is -3.57. The number of alkyl halides is 3. The summed E-state index contributed by atoms with van der Waals surface area (Å²) in [6.45, 7) is 2.44. The van der Waals surface area contributed by atoms with Gasteiger partial charge in [0.15, 0.2) is 0 Å². The average Bonchev–Trinajstić information content (AvgIpc) is 2.91. The van der Waals surface area contributed by atoms with Gasteiger partial charge in [0.25, 0.3) is 10.0 Å². The monoisotopic (exact) mass is 595 g/mol. The molecule has 1 atom stereocenters. The van der Waals surface area contributed by atoms with Gasteiger partial charge in [-0.2, -0.15) is 13.2 Å². The molecular formula is C28H29ClF3N3O4S. The molecule has 0 aromatic heterocycles. The lowest BCUT2D eigenvalue weighted by atomic mass is 10.1. The zero-order valence-electron chi connectivity index (χ0n) is 22.1. The van der Waals surface area contributed by atoms with Crippen molar-refractivity contribution < 1.29 is 31.2 Å². The number of sulfonamides is 1. The van der Waals surface area contributed by atoms with Crippen LogP contribution in [-0.4, -0.2) is 51.3 Å². The fraction of sp³-hybridized carbons (Fsp3) is 0.286. The number of carbonyl (C=O) groups excluding carboxylic acids is 2. The summed E-state index contributed by atoms with van der Waals surface area (Å²) in [5.41, 5.74) is -0.0101. The molecule has 2 amide bonds. The van der Waals surface area contributed by atoms with E-state index in [0.717, 1.165) is 23.3 Å². The zero-order valence-corrected chi connectivity index (χ0v) is 23.6. The van der Waals surface area contributed by atoms with Gasteiger partial charge in [0.1, 0.15) is 12.6 Å². The van der Waals surface area contributed by atoms with Gasteiger partial charge < -0.3 is 10.2 Å². The van der Waals surface area contributed by atoms with Crippen molar-refractivity contribution in [2.45, 2.75) is 37.4 Å². The highest BCUT2D eigenvalue weighted by atomic mass is 35.5. The molecule has 0 spiro atoms. The molecular weight excluding hydrogens is 567 g/mol. The van der Waals surface area contributed by atoms with E-state index in [9.17, 15) is 31.2 Å². The SMILES string of the molecule is CNC(=O)C(C)N(CCc1ccccc1)C(=O)CN(c1ccc(Cl)c(C(F)(F)F)c1)S(=O)(=O)c1ccc(C)cc1. The summed E-state index contributed by atoms with van der Waals surface area (Å²) in [6.07, 6.45) is -4.51. The molecule has 3 rings (SSSR count). The molecule has 0 radical (unpaired) electrons. The van der Waals surface area contributed by atoms with Crippen LogP contribution in [0.25, 0.3) is 0 Å². The molecule has 12 heteroatoms. The number of nitrogens with one attached hydrogen (secondary N) is 1. The third-order valence-corrected chi connectivity index (χ3v) is 8.45. The Balaban J connectivity index is 2.07. The maximum absolute atomic E-state index is 13.7. The predicted molar refractivity (Wildman–Crippen MR) is 148 cm³/mol. The van der Waals surface area contributed by atoms with Crippen LogP contribution in [0.15, 0.2) is 77.7 Å². The van der Waals surface area contributed by atoms with Crippen molar-refractivity contribution in [2.24, 2.45) is 0 Å². The Morgan fingerprint density at radius 3 is 2.20 bits per heavy atom. The van der Waals surface area contributed by atoms with Gasteiger partial charge in [-0.05, 0) is 56.2 Å². The smallest absolute Gasteiger partial charge is 0.357 e. The highest BCUT2D eigenvalue weighted by molar-refractivity contribution is 7.92. The molecule has 0 aliphatic carbocycles. The Bertz CT molecular complexity index is 1450. The summed E-state index contributed by atoms with van der Waals surface area (Å²) in [5, 5.41) is 1.85. The summed E-state index contributed by atoms with van der Waals surface area (Å²) in [7, 11) is -3.12. The predicted octanol–water partition coefficient (Wildman–Crippen LogP) is 5.07. The number of anilines is 1. The minimum atomic E-state index is -4.87. The lowest BCUT2D eigenvalue weighted by molar-refractivity contribution is -0.138. The molecule has 1 unspecified atom stereocenters. The first-order valence-electron chi connectivity index (χ1n) is 12.3. The number of hydrogen-bond acceptors (Lipinski definition) is 4. The summed E-state index contributed by atoms with van der Waals surface area (Å²) in [6, 6.07) is 16.5. The summed E-state index contributed by atoms with van der Waals surface area (Å²) in [4.78, 5) is 27.2. The Kier molecular flexibility index (Phi) is 9.86. The first kappa shape index (κ1) is 31.0. The third-order valence-electron chi connectivity index (χ3n) is 6.33. The lowest BCUT2D eigenvalue weighted by Crippen LogP contribution is -2.51. The number of halogens is 4. The third kappa shape index (κ3) is 7.33. The molecule has 3 aromatic rings. The molecule has 40 heavy (non-hydrogen) atoms. The van der Waals surface area contributed by atoms with Crippen LogP contribution in [0, 0.1) is 6.92 Å². The van der Waals surface area contributed by atoms with Crippen LogP contribution in [-0.2, 0) is 32.2 Å². The molecule has 0 fully saturated rings. The first-order valence-corrected chi connectivity index (χ1v) is 14.1. The normalized spacial score (nSPS) is 12.5. The standard InChI is InChI=1S/C28H29ClF3N3O4S/c1-19-9-12-23(13-10-19)40(38,39)35(22-11-14-25(29)24(17-22)28(30,31)32)18-26(36)34(20(2)27(37)33-3)16-15-21-7-5-4-6-8-21/h4-14,17,20H,15-16,18H2,1-3H3,(H,33,37). The Morgan fingerprint density at radius 1 is 1.00 bits per heavy atom. The average molecular weight is 596 g/mol. The van der Waals surface area contributed by atoms with Crippen molar-refractivity contribution in [1.82, 2.24) is 10.2 Å². The van der Waals surface area contributed by atoms with E-state index in [1.165, 1.54) is 43.1 Å². The minimum Gasteiger partial charge on any atom is -0.357 e. The van der Waals surface area contributed by atoms with Crippen LogP contribution < -0.4 is 9.62 Å². The van der Waals surface area contributed by atoms with Gasteiger partial charge in [0, 0.05) is 13.6 Å². The number of benzene rings is 3. The molecule has 214 valence electrons. The Labute approximate surface area is 236 Å². The van der Waals surface area contributed by atoms with Gasteiger partial charge in [0.2, 0.25) is 11.8 Å². The second-order valence-corrected chi connectivity index (χ2v) is 11.4. The number of carbonyl (C=O) groups is 2. The van der Waals surface area contributed by atoms with E-state index in [-0.39, 0.29) is 11.4 Å². The number of likely N-dealkylation sites (N-methyl/N-ethyl adjacent to an activating group) is 1. The molecule has 0 heterocycles. The van der Waals surface area contributed by atoms with Crippen LogP contribution in [0.1, 0.15) is 23.6 Å². The van der Waals surface area contributed by atoms with Crippen LogP contribution in [0.3, 0.4) is 0 Å². The van der Waals surface area contributed by atoms with E-state index in [0.29, 0.717) is 16.8 Å². The maximum atomic E-state index is 13.7. The molecule has 0 saturated heterocycles. The first-order chi connectivity index (χ1) is 18.8. The second kappa shape index (κ2) is 12.7. The number of rotatable bonds is 10. The van der Waals surface area contributed by atoms with Gasteiger partial charge in [0.05, 0.1) is 21.2 Å². The van der Waals surface area contributed by atoms with Gasteiger partial charge in [-0.25, -0.2) is 8.42 Å². The fourth-order valence-corrected chi connectivity index (χ4v) is 5.66. The molecule has 0 saturated carbocycles. The van der Waals surface area contributed by atoms with E-state index < -0.39 is 56.9 Å². The maximum Gasteiger partial charge on any atom is 0.417 e. The van der Waals surface area contributed by atoms with Crippen molar-refractivity contribution in [3.63, 3.8) is 0 Å². The molecule has 7 nitrogen and oxygen atoms in total. The number of nitrogens with zero attached hydrogens (tertiary/aromatic N) is 2. The van der Waals surface area contributed by atoms with Gasteiger partial charge in [-0.15, -0.1) is 0 Å². The van der Waals surface area contributed by atoms with Crippen molar-refractivity contribution in [1.29, 1.82) is 0 Å². The van der Waals surface area contributed by atoms with Crippen molar-refractivity contribution in [2.75, 3.05) is 24.4 Å². The van der Waals surface area contributed by atoms with E-state index in [4.69, 9.17) is 11.6 Å². The molecule has 1 N–H and O–H groups in total. The van der Waals surface area contributed by atoms with Crippen molar-refractivity contribution in [3.8, 4) is 0 Å². The van der Waals surface area contributed by atoms with Crippen molar-refractivity contribution in [3.05, 3.63) is 94.5 Å². The second-order valence-electron chi connectivity index (χ2n) is 9.10. The zero-order chi connectivity index (χ0) is 29.7. The number of aryl methyl sites for hydroxylation is 1. The lowest BCUT2D eigenvalue weighted by Gasteiger charge is -2.32. The summed E-state index contributed by atoms with van der Waals surface area (Å²) >= 11 is 5.77. The molecule has 3 aromatic carbocycles. The fourth-order valence-electron chi connectivity index (χ4n) is 4.03. The van der Waals surface area contributed by atoms with E-state index in [1.807, 2.05) is 30.3 Å². The van der Waals surface area contributed by atoms with Gasteiger partial charge in [-0.3, -0.25) is 13.9 Å². The quantitative estimate of drug-likeness (QED) is 0.355. The highest BCUT2D eigenvalue weighted by Crippen LogP contribution is 2.38. The summed E-state index contributed by atoms with van der Waals surface area (Å²) < 4.78 is 69.1. The molecule has 0 bridgehead atoms. The van der Waals surface area contributed by atoms with Crippen LogP contribution in [0.4, 0.5) is 18.9 Å². The van der Waals surface area contributed by atoms with Crippen LogP contribution in [0.2, 0.25) is 5.02 Å². The molecule has 0 aliphatic heterocycles.